The van der Waals surface area contributed by atoms with Crippen molar-refractivity contribution in [2.45, 2.75) is 58.4 Å². The fourth-order valence-electron chi connectivity index (χ4n) is 2.62. The molecule has 2 unspecified atom stereocenters. The van der Waals surface area contributed by atoms with Gasteiger partial charge < -0.3 is 14.8 Å². The maximum atomic E-state index is 5.84. The number of methoxy groups -OCH3 is 1. The third-order valence-electron chi connectivity index (χ3n) is 3.54. The third kappa shape index (κ3) is 5.13. The summed E-state index contributed by atoms with van der Waals surface area (Å²) < 4.78 is 10.9. The first-order chi connectivity index (χ1) is 9.67. The Hall–Kier alpha value is -0.490. The normalized spacial score (nSPS) is 23.4. The summed E-state index contributed by atoms with van der Waals surface area (Å²) in [7, 11) is 1.70. The molecule has 1 aromatic heterocycles. The molecule has 1 aromatic rings. The summed E-state index contributed by atoms with van der Waals surface area (Å²) in [6.45, 7) is 6.85. The molecule has 0 aliphatic carbocycles. The van der Waals surface area contributed by atoms with E-state index in [4.69, 9.17) is 9.47 Å². The molecule has 0 radical (unpaired) electrons. The molecule has 1 saturated heterocycles. The van der Waals surface area contributed by atoms with Crippen LogP contribution in [-0.2, 0) is 22.6 Å². The van der Waals surface area contributed by atoms with Crippen LogP contribution in [0.4, 0.5) is 0 Å². The lowest BCUT2D eigenvalue weighted by Crippen LogP contribution is -2.39. The molecule has 2 rings (SSSR count). The van der Waals surface area contributed by atoms with Crippen LogP contribution < -0.4 is 5.32 Å². The molecule has 0 saturated carbocycles. The molecular formula is C15H26N2O2S. The second kappa shape index (κ2) is 8.08. The van der Waals surface area contributed by atoms with E-state index in [0.29, 0.717) is 24.7 Å². The van der Waals surface area contributed by atoms with E-state index in [1.165, 1.54) is 0 Å². The van der Waals surface area contributed by atoms with Crippen molar-refractivity contribution in [3.63, 3.8) is 0 Å². The van der Waals surface area contributed by atoms with Crippen molar-refractivity contribution in [1.82, 2.24) is 10.3 Å². The molecule has 1 aliphatic rings. The summed E-state index contributed by atoms with van der Waals surface area (Å²) in [5, 5.41) is 6.79. The highest BCUT2D eigenvalue weighted by atomic mass is 32.1. The maximum Gasteiger partial charge on any atom is 0.119 e. The smallest absolute Gasteiger partial charge is 0.119 e. The monoisotopic (exact) mass is 298 g/mol. The lowest BCUT2D eigenvalue weighted by Gasteiger charge is -2.31. The van der Waals surface area contributed by atoms with Gasteiger partial charge in [0.2, 0.25) is 0 Å². The average molecular weight is 298 g/mol. The Morgan fingerprint density at radius 2 is 2.40 bits per heavy atom. The van der Waals surface area contributed by atoms with Crippen molar-refractivity contribution >= 4 is 11.3 Å². The summed E-state index contributed by atoms with van der Waals surface area (Å²) in [4.78, 5) is 4.55. The summed E-state index contributed by atoms with van der Waals surface area (Å²) in [6, 6.07) is 0.556. The molecule has 114 valence electrons. The van der Waals surface area contributed by atoms with Crippen LogP contribution in [0.2, 0.25) is 0 Å². The molecule has 2 heterocycles. The highest BCUT2D eigenvalue weighted by Gasteiger charge is 2.22. The number of nitrogens with one attached hydrogen (secondary N) is 1. The fraction of sp³-hybridized carbons (Fsp3) is 0.800. The molecule has 0 spiro atoms. The number of hydrogen-bond donors (Lipinski definition) is 1. The molecule has 5 heteroatoms. The highest BCUT2D eigenvalue weighted by Crippen LogP contribution is 2.20. The van der Waals surface area contributed by atoms with E-state index in [9.17, 15) is 0 Å². The van der Waals surface area contributed by atoms with Gasteiger partial charge in [0, 0.05) is 31.7 Å². The van der Waals surface area contributed by atoms with E-state index in [-0.39, 0.29) is 0 Å². The van der Waals surface area contributed by atoms with Gasteiger partial charge in [0.1, 0.15) is 5.01 Å². The minimum absolute atomic E-state index is 0.417. The van der Waals surface area contributed by atoms with Crippen LogP contribution in [0.5, 0.6) is 0 Å². The minimum Gasteiger partial charge on any atom is -0.378 e. The van der Waals surface area contributed by atoms with Gasteiger partial charge >= 0.3 is 0 Å². The second-order valence-corrected chi connectivity index (χ2v) is 6.83. The quantitative estimate of drug-likeness (QED) is 0.840. The van der Waals surface area contributed by atoms with Gasteiger partial charge in [-0.1, -0.05) is 13.8 Å². The molecule has 1 fully saturated rings. The van der Waals surface area contributed by atoms with E-state index >= 15 is 0 Å². The van der Waals surface area contributed by atoms with E-state index < -0.39 is 0 Å². The zero-order chi connectivity index (χ0) is 14.4. The summed E-state index contributed by atoms with van der Waals surface area (Å²) in [5.41, 5.74) is 1.12. The lowest BCUT2D eigenvalue weighted by atomic mass is 9.96. The Bertz CT molecular complexity index is 395. The van der Waals surface area contributed by atoms with Crippen molar-refractivity contribution in [3.8, 4) is 0 Å². The predicted octanol–water partition coefficient (Wildman–Crippen LogP) is 2.97. The predicted molar refractivity (Wildman–Crippen MR) is 81.9 cm³/mol. The standard InChI is InChI=1S/C15H26N2O2S/c1-11(2)6-14-7-12(4-5-19-14)16-8-13-10-20-15(17-13)9-18-3/h10-12,14,16H,4-9H2,1-3H3. The second-order valence-electron chi connectivity index (χ2n) is 5.89. The van der Waals surface area contributed by atoms with Gasteiger partial charge in [-0.15, -0.1) is 11.3 Å². The van der Waals surface area contributed by atoms with Gasteiger partial charge in [0.15, 0.2) is 0 Å². The van der Waals surface area contributed by atoms with Gasteiger partial charge in [0.25, 0.3) is 0 Å². The molecule has 0 amide bonds. The molecule has 20 heavy (non-hydrogen) atoms. The van der Waals surface area contributed by atoms with Crippen molar-refractivity contribution < 1.29 is 9.47 Å². The topological polar surface area (TPSA) is 43.4 Å². The van der Waals surface area contributed by atoms with Crippen LogP contribution in [0.1, 0.15) is 43.8 Å². The Kier molecular flexibility index (Phi) is 6.42. The number of thiazole rings is 1. The third-order valence-corrected chi connectivity index (χ3v) is 4.41. The van der Waals surface area contributed by atoms with Crippen LogP contribution in [0, 0.1) is 5.92 Å². The van der Waals surface area contributed by atoms with Gasteiger partial charge in [-0.05, 0) is 25.2 Å². The SMILES string of the molecule is COCc1nc(CNC2CCOC(CC(C)C)C2)cs1. The van der Waals surface area contributed by atoms with E-state index in [2.05, 4.69) is 29.5 Å². The van der Waals surface area contributed by atoms with E-state index in [1.807, 2.05) is 0 Å². The van der Waals surface area contributed by atoms with Crippen LogP contribution in [0.15, 0.2) is 5.38 Å². The Morgan fingerprint density at radius 1 is 1.55 bits per heavy atom. The Balaban J connectivity index is 1.75. The molecule has 0 bridgehead atoms. The van der Waals surface area contributed by atoms with Crippen LogP contribution in [-0.4, -0.2) is 30.8 Å². The molecule has 1 aliphatic heterocycles. The number of nitrogens with zero attached hydrogens (tertiary/aromatic N) is 1. The number of aromatic nitrogens is 1. The molecule has 2 atom stereocenters. The number of hydrogen-bond acceptors (Lipinski definition) is 5. The Labute approximate surface area is 125 Å². The summed E-state index contributed by atoms with van der Waals surface area (Å²) in [5.74, 6) is 0.703. The number of rotatable bonds is 7. The van der Waals surface area contributed by atoms with Crippen molar-refractivity contribution in [2.75, 3.05) is 13.7 Å². The summed E-state index contributed by atoms with van der Waals surface area (Å²) >= 11 is 1.67. The highest BCUT2D eigenvalue weighted by molar-refractivity contribution is 7.09. The van der Waals surface area contributed by atoms with Crippen LogP contribution in [0.3, 0.4) is 0 Å². The number of ether oxygens (including phenoxy) is 2. The fourth-order valence-corrected chi connectivity index (χ4v) is 3.39. The van der Waals surface area contributed by atoms with E-state index in [0.717, 1.165) is 43.1 Å². The van der Waals surface area contributed by atoms with Crippen molar-refractivity contribution in [3.05, 3.63) is 16.1 Å². The average Bonchev–Trinajstić information content (AvgIpc) is 2.84. The summed E-state index contributed by atoms with van der Waals surface area (Å²) in [6.07, 6.45) is 3.80. The zero-order valence-corrected chi connectivity index (χ0v) is 13.5. The molecule has 4 nitrogen and oxygen atoms in total. The van der Waals surface area contributed by atoms with Crippen LogP contribution >= 0.6 is 11.3 Å². The van der Waals surface area contributed by atoms with E-state index in [1.54, 1.807) is 18.4 Å². The molecule has 1 N–H and O–H groups in total. The first-order valence-electron chi connectivity index (χ1n) is 7.44. The van der Waals surface area contributed by atoms with Gasteiger partial charge in [-0.25, -0.2) is 4.98 Å². The molecular weight excluding hydrogens is 272 g/mol. The lowest BCUT2D eigenvalue weighted by molar-refractivity contribution is -0.00961. The Morgan fingerprint density at radius 3 is 3.15 bits per heavy atom. The van der Waals surface area contributed by atoms with Crippen molar-refractivity contribution in [1.29, 1.82) is 0 Å². The zero-order valence-electron chi connectivity index (χ0n) is 12.7. The first-order valence-corrected chi connectivity index (χ1v) is 8.32. The van der Waals surface area contributed by atoms with Gasteiger partial charge in [0.05, 0.1) is 18.4 Å². The van der Waals surface area contributed by atoms with Crippen molar-refractivity contribution in [2.24, 2.45) is 5.92 Å². The largest absolute Gasteiger partial charge is 0.378 e. The van der Waals surface area contributed by atoms with Crippen LogP contribution in [0.25, 0.3) is 0 Å². The van der Waals surface area contributed by atoms with Gasteiger partial charge in [-0.3, -0.25) is 0 Å². The first kappa shape index (κ1) is 15.9. The maximum absolute atomic E-state index is 5.84. The molecule has 0 aromatic carbocycles. The van der Waals surface area contributed by atoms with Gasteiger partial charge in [-0.2, -0.15) is 0 Å². The minimum atomic E-state index is 0.417.